The standard InChI is InChI=1S/C9H15ClN4O/c1-7-8(10)6-13-14(7)5-2-9(15)12-4-3-11/h6H,2-5,11H2,1H3,(H,12,15). The van der Waals surface area contributed by atoms with Crippen molar-refractivity contribution >= 4 is 17.5 Å². The van der Waals surface area contributed by atoms with Gasteiger partial charge >= 0.3 is 0 Å². The molecule has 5 nitrogen and oxygen atoms in total. The van der Waals surface area contributed by atoms with E-state index >= 15 is 0 Å². The Bertz CT molecular complexity index is 337. The van der Waals surface area contributed by atoms with Gasteiger partial charge in [0.25, 0.3) is 0 Å². The maximum Gasteiger partial charge on any atom is 0.221 e. The highest BCUT2D eigenvalue weighted by Crippen LogP contribution is 2.13. The molecule has 1 heterocycles. The predicted molar refractivity (Wildman–Crippen MR) is 58.7 cm³/mol. The first kappa shape index (κ1) is 12.0. The van der Waals surface area contributed by atoms with Gasteiger partial charge < -0.3 is 11.1 Å². The van der Waals surface area contributed by atoms with Gasteiger partial charge in [-0.05, 0) is 6.92 Å². The zero-order chi connectivity index (χ0) is 11.3. The zero-order valence-corrected chi connectivity index (χ0v) is 9.42. The number of carbonyl (C=O) groups is 1. The molecule has 0 aromatic carbocycles. The van der Waals surface area contributed by atoms with E-state index in [0.29, 0.717) is 31.1 Å². The molecule has 6 heteroatoms. The fourth-order valence-electron chi connectivity index (χ4n) is 1.16. The number of amides is 1. The number of aromatic nitrogens is 2. The van der Waals surface area contributed by atoms with Crippen molar-refractivity contribution in [3.8, 4) is 0 Å². The Balaban J connectivity index is 2.37. The highest BCUT2D eigenvalue weighted by molar-refractivity contribution is 6.31. The molecule has 84 valence electrons. The molecule has 1 rings (SSSR count). The number of rotatable bonds is 5. The van der Waals surface area contributed by atoms with Gasteiger partial charge in [0.05, 0.1) is 23.5 Å². The minimum atomic E-state index is -0.0218. The second-order valence-electron chi connectivity index (χ2n) is 3.19. The van der Waals surface area contributed by atoms with E-state index in [1.165, 1.54) is 0 Å². The van der Waals surface area contributed by atoms with Gasteiger partial charge in [0.1, 0.15) is 0 Å². The maximum atomic E-state index is 11.3. The fraction of sp³-hybridized carbons (Fsp3) is 0.556. The molecule has 0 aliphatic rings. The molecule has 0 atom stereocenters. The molecule has 0 aliphatic heterocycles. The lowest BCUT2D eigenvalue weighted by atomic mass is 10.4. The molecular formula is C9H15ClN4O. The number of nitrogens with two attached hydrogens (primary N) is 1. The number of carbonyl (C=O) groups excluding carboxylic acids is 1. The Morgan fingerprint density at radius 3 is 3.00 bits per heavy atom. The minimum Gasteiger partial charge on any atom is -0.355 e. The Hall–Kier alpha value is -1.07. The van der Waals surface area contributed by atoms with E-state index < -0.39 is 0 Å². The maximum absolute atomic E-state index is 11.3. The first-order valence-corrected chi connectivity index (χ1v) is 5.17. The summed E-state index contributed by atoms with van der Waals surface area (Å²) in [6.45, 7) is 3.37. The van der Waals surface area contributed by atoms with Crippen molar-refractivity contribution in [2.24, 2.45) is 5.73 Å². The smallest absolute Gasteiger partial charge is 0.221 e. The molecule has 0 unspecified atom stereocenters. The number of nitrogens with one attached hydrogen (secondary N) is 1. The molecule has 0 bridgehead atoms. The van der Waals surface area contributed by atoms with Crippen LogP contribution in [0.2, 0.25) is 5.02 Å². The first-order valence-electron chi connectivity index (χ1n) is 4.80. The highest BCUT2D eigenvalue weighted by atomic mass is 35.5. The van der Waals surface area contributed by atoms with E-state index in [0.717, 1.165) is 5.69 Å². The quantitative estimate of drug-likeness (QED) is 0.765. The van der Waals surface area contributed by atoms with Crippen molar-refractivity contribution in [1.82, 2.24) is 15.1 Å². The number of aryl methyl sites for hydroxylation is 1. The molecule has 0 saturated heterocycles. The predicted octanol–water partition coefficient (Wildman–Crippen LogP) is 0.310. The summed E-state index contributed by atoms with van der Waals surface area (Å²) in [7, 11) is 0. The van der Waals surface area contributed by atoms with Crippen molar-refractivity contribution in [3.05, 3.63) is 16.9 Å². The molecule has 3 N–H and O–H groups in total. The van der Waals surface area contributed by atoms with Gasteiger partial charge in [0.15, 0.2) is 0 Å². The Morgan fingerprint density at radius 1 is 1.73 bits per heavy atom. The van der Waals surface area contributed by atoms with Crippen LogP contribution in [-0.4, -0.2) is 28.8 Å². The van der Waals surface area contributed by atoms with Crippen LogP contribution in [0.3, 0.4) is 0 Å². The second kappa shape index (κ2) is 5.72. The molecule has 0 fully saturated rings. The van der Waals surface area contributed by atoms with Crippen LogP contribution in [-0.2, 0) is 11.3 Å². The van der Waals surface area contributed by atoms with Gasteiger partial charge in [-0.15, -0.1) is 0 Å². The SMILES string of the molecule is Cc1c(Cl)cnn1CCC(=O)NCCN. The summed E-state index contributed by atoms with van der Waals surface area (Å²) in [5, 5.41) is 7.36. The third-order valence-corrected chi connectivity index (χ3v) is 2.43. The van der Waals surface area contributed by atoms with E-state index in [4.69, 9.17) is 17.3 Å². The molecule has 0 saturated carbocycles. The van der Waals surface area contributed by atoms with Crippen LogP contribution < -0.4 is 11.1 Å². The summed E-state index contributed by atoms with van der Waals surface area (Å²) in [5.41, 5.74) is 6.14. The third kappa shape index (κ3) is 3.53. The Kier molecular flexibility index (Phi) is 4.58. The van der Waals surface area contributed by atoms with Crippen LogP contribution in [0, 0.1) is 6.92 Å². The average Bonchev–Trinajstić information content (AvgIpc) is 2.54. The molecule has 0 radical (unpaired) electrons. The lowest BCUT2D eigenvalue weighted by Gasteiger charge is -2.05. The monoisotopic (exact) mass is 230 g/mol. The molecule has 1 aromatic rings. The van der Waals surface area contributed by atoms with E-state index in [-0.39, 0.29) is 5.91 Å². The van der Waals surface area contributed by atoms with E-state index in [2.05, 4.69) is 10.4 Å². The first-order chi connectivity index (χ1) is 7.15. The van der Waals surface area contributed by atoms with Crippen molar-refractivity contribution in [1.29, 1.82) is 0 Å². The number of hydrogen-bond donors (Lipinski definition) is 2. The Morgan fingerprint density at radius 2 is 2.47 bits per heavy atom. The number of hydrogen-bond acceptors (Lipinski definition) is 3. The summed E-state index contributed by atoms with van der Waals surface area (Å²) in [6, 6.07) is 0. The summed E-state index contributed by atoms with van der Waals surface area (Å²) in [4.78, 5) is 11.3. The van der Waals surface area contributed by atoms with Crippen LogP contribution in [0.1, 0.15) is 12.1 Å². The van der Waals surface area contributed by atoms with E-state index in [1.54, 1.807) is 10.9 Å². The lowest BCUT2D eigenvalue weighted by Crippen LogP contribution is -2.29. The van der Waals surface area contributed by atoms with Crippen LogP contribution in [0.4, 0.5) is 0 Å². The zero-order valence-electron chi connectivity index (χ0n) is 8.66. The summed E-state index contributed by atoms with van der Waals surface area (Å²) in [6.07, 6.45) is 1.97. The van der Waals surface area contributed by atoms with Gasteiger partial charge in [-0.3, -0.25) is 9.48 Å². The summed E-state index contributed by atoms with van der Waals surface area (Å²) in [5.74, 6) is -0.0218. The second-order valence-corrected chi connectivity index (χ2v) is 3.60. The number of nitrogens with zero attached hydrogens (tertiary/aromatic N) is 2. The average molecular weight is 231 g/mol. The van der Waals surface area contributed by atoms with E-state index in [1.807, 2.05) is 6.92 Å². The molecule has 1 amide bonds. The summed E-state index contributed by atoms with van der Waals surface area (Å²) < 4.78 is 1.71. The van der Waals surface area contributed by atoms with Gasteiger partial charge in [0.2, 0.25) is 5.91 Å². The normalized spacial score (nSPS) is 10.3. The molecular weight excluding hydrogens is 216 g/mol. The largest absolute Gasteiger partial charge is 0.355 e. The third-order valence-electron chi connectivity index (χ3n) is 2.06. The van der Waals surface area contributed by atoms with Crippen LogP contribution in [0.15, 0.2) is 6.20 Å². The lowest BCUT2D eigenvalue weighted by molar-refractivity contribution is -0.121. The van der Waals surface area contributed by atoms with Crippen molar-refractivity contribution in [2.45, 2.75) is 19.9 Å². The Labute approximate surface area is 93.6 Å². The molecule has 0 spiro atoms. The molecule has 15 heavy (non-hydrogen) atoms. The van der Waals surface area contributed by atoms with Gasteiger partial charge in [-0.2, -0.15) is 5.10 Å². The van der Waals surface area contributed by atoms with Crippen LogP contribution in [0.25, 0.3) is 0 Å². The van der Waals surface area contributed by atoms with Gasteiger partial charge in [0, 0.05) is 19.5 Å². The van der Waals surface area contributed by atoms with E-state index in [9.17, 15) is 4.79 Å². The molecule has 0 aliphatic carbocycles. The van der Waals surface area contributed by atoms with Gasteiger partial charge in [-0.25, -0.2) is 0 Å². The van der Waals surface area contributed by atoms with Crippen LogP contribution in [0.5, 0.6) is 0 Å². The highest BCUT2D eigenvalue weighted by Gasteiger charge is 2.05. The minimum absolute atomic E-state index is 0.0218. The van der Waals surface area contributed by atoms with Gasteiger partial charge in [-0.1, -0.05) is 11.6 Å². The van der Waals surface area contributed by atoms with Crippen molar-refractivity contribution in [3.63, 3.8) is 0 Å². The topological polar surface area (TPSA) is 72.9 Å². The number of halogens is 1. The fourth-order valence-corrected chi connectivity index (χ4v) is 1.30. The van der Waals surface area contributed by atoms with Crippen molar-refractivity contribution < 1.29 is 4.79 Å². The molecule has 1 aromatic heterocycles. The van der Waals surface area contributed by atoms with Crippen LogP contribution >= 0.6 is 11.6 Å². The van der Waals surface area contributed by atoms with Crippen molar-refractivity contribution in [2.75, 3.05) is 13.1 Å². The summed E-state index contributed by atoms with van der Waals surface area (Å²) >= 11 is 5.83.